The van der Waals surface area contributed by atoms with Gasteiger partial charge >= 0.3 is 0 Å². The predicted octanol–water partition coefficient (Wildman–Crippen LogP) is 5.74. The Labute approximate surface area is 184 Å². The third-order valence-corrected chi connectivity index (χ3v) is 7.11. The molecule has 1 N–H and O–H groups in total. The van der Waals surface area contributed by atoms with Gasteiger partial charge < -0.3 is 10.2 Å². The van der Waals surface area contributed by atoms with E-state index in [0.29, 0.717) is 0 Å². The fourth-order valence-electron chi connectivity index (χ4n) is 5.34. The van der Waals surface area contributed by atoms with Crippen LogP contribution in [-0.4, -0.2) is 24.0 Å². The number of fused-ring (bicyclic) bond motifs is 5. The summed E-state index contributed by atoms with van der Waals surface area (Å²) in [4.78, 5) is 20.9. The van der Waals surface area contributed by atoms with Gasteiger partial charge in [-0.3, -0.25) is 4.79 Å². The van der Waals surface area contributed by atoms with Crippen molar-refractivity contribution in [3.8, 4) is 0 Å². The maximum Gasteiger partial charge on any atom is 0.252 e. The Morgan fingerprint density at radius 3 is 2.32 bits per heavy atom. The molecule has 6 rings (SSSR count). The molecule has 3 fully saturated rings. The molecule has 3 aliphatic rings. The van der Waals surface area contributed by atoms with Crippen LogP contribution in [0.15, 0.2) is 60.7 Å². The second-order valence-corrected chi connectivity index (χ2v) is 9.18. The van der Waals surface area contributed by atoms with Gasteiger partial charge in [-0.1, -0.05) is 55.5 Å². The Morgan fingerprint density at radius 1 is 1.00 bits per heavy atom. The van der Waals surface area contributed by atoms with E-state index in [4.69, 9.17) is 4.98 Å². The van der Waals surface area contributed by atoms with Crippen LogP contribution in [0.5, 0.6) is 0 Å². The standard InChI is InChI=1S/C27H31N3O/c1-2-24(21-8-4-3-5-9-21)29-27(31)23-16-26(28-25-11-7-6-10-22(23)25)30-17-19-12-13-20(18-30)15-14-19/h3-11,16,19-20,24H,2,12-15,17-18H2,1H3,(H,29,31)/t19?,20?,24-/m0/s1. The second kappa shape index (κ2) is 8.70. The van der Waals surface area contributed by atoms with E-state index in [1.807, 2.05) is 48.5 Å². The molecule has 31 heavy (non-hydrogen) atoms. The zero-order valence-electron chi connectivity index (χ0n) is 18.3. The lowest BCUT2D eigenvalue weighted by Gasteiger charge is -2.25. The summed E-state index contributed by atoms with van der Waals surface area (Å²) >= 11 is 0. The minimum atomic E-state index is -0.0200. The van der Waals surface area contributed by atoms with Crippen LogP contribution in [0.2, 0.25) is 0 Å². The number of nitrogens with one attached hydrogen (secondary N) is 1. The number of pyridine rings is 1. The zero-order valence-corrected chi connectivity index (χ0v) is 18.3. The Hall–Kier alpha value is -2.88. The maximum atomic E-state index is 13.5. The predicted molar refractivity (Wildman–Crippen MR) is 126 cm³/mol. The first-order chi connectivity index (χ1) is 15.2. The number of carbonyl (C=O) groups excluding carboxylic acids is 1. The van der Waals surface area contributed by atoms with Crippen molar-refractivity contribution in [1.82, 2.24) is 10.3 Å². The number of carbonyl (C=O) groups is 1. The summed E-state index contributed by atoms with van der Waals surface area (Å²) in [5.41, 5.74) is 2.77. The van der Waals surface area contributed by atoms with Crippen molar-refractivity contribution in [3.63, 3.8) is 0 Å². The molecule has 1 saturated carbocycles. The summed E-state index contributed by atoms with van der Waals surface area (Å²) in [5.74, 6) is 2.45. The molecule has 1 aliphatic carbocycles. The van der Waals surface area contributed by atoms with E-state index in [0.717, 1.165) is 59.2 Å². The van der Waals surface area contributed by atoms with Crippen LogP contribution in [0, 0.1) is 11.8 Å². The number of anilines is 1. The lowest BCUT2D eigenvalue weighted by Crippen LogP contribution is -2.31. The summed E-state index contributed by atoms with van der Waals surface area (Å²) in [6.07, 6.45) is 6.17. The topological polar surface area (TPSA) is 45.2 Å². The number of rotatable bonds is 5. The molecule has 2 aliphatic heterocycles. The molecule has 2 aromatic carbocycles. The molecule has 1 atom stereocenters. The summed E-state index contributed by atoms with van der Waals surface area (Å²) < 4.78 is 0. The molecule has 4 heteroatoms. The van der Waals surface area contributed by atoms with Crippen molar-refractivity contribution in [2.75, 3.05) is 18.0 Å². The van der Waals surface area contributed by atoms with Crippen molar-refractivity contribution in [2.24, 2.45) is 11.8 Å². The van der Waals surface area contributed by atoms with Gasteiger partial charge in [0, 0.05) is 18.5 Å². The number of hydrogen-bond donors (Lipinski definition) is 1. The van der Waals surface area contributed by atoms with Gasteiger partial charge in [-0.05, 0) is 61.6 Å². The molecule has 160 valence electrons. The van der Waals surface area contributed by atoms with E-state index in [-0.39, 0.29) is 11.9 Å². The third kappa shape index (κ3) is 4.16. The highest BCUT2D eigenvalue weighted by molar-refractivity contribution is 6.07. The van der Waals surface area contributed by atoms with E-state index in [1.165, 1.54) is 25.7 Å². The molecule has 0 radical (unpaired) electrons. The lowest BCUT2D eigenvalue weighted by molar-refractivity contribution is 0.0937. The van der Waals surface area contributed by atoms with E-state index in [1.54, 1.807) is 0 Å². The van der Waals surface area contributed by atoms with Crippen molar-refractivity contribution in [2.45, 2.75) is 45.1 Å². The van der Waals surface area contributed by atoms with Crippen LogP contribution in [0.25, 0.3) is 10.9 Å². The Morgan fingerprint density at radius 2 is 1.65 bits per heavy atom. The maximum absolute atomic E-state index is 13.5. The monoisotopic (exact) mass is 413 g/mol. The summed E-state index contributed by atoms with van der Waals surface area (Å²) in [5, 5.41) is 4.20. The highest BCUT2D eigenvalue weighted by Crippen LogP contribution is 2.36. The number of amides is 1. The third-order valence-electron chi connectivity index (χ3n) is 7.11. The van der Waals surface area contributed by atoms with Gasteiger partial charge in [0.2, 0.25) is 0 Å². The highest BCUT2D eigenvalue weighted by Gasteiger charge is 2.30. The van der Waals surface area contributed by atoms with Crippen LogP contribution in [0.3, 0.4) is 0 Å². The fraction of sp³-hybridized carbons (Fsp3) is 0.407. The molecule has 3 heterocycles. The number of nitrogens with zero attached hydrogens (tertiary/aromatic N) is 2. The van der Waals surface area contributed by atoms with Gasteiger partial charge in [-0.15, -0.1) is 0 Å². The molecule has 4 nitrogen and oxygen atoms in total. The quantitative estimate of drug-likeness (QED) is 0.580. The molecule has 2 bridgehead atoms. The second-order valence-electron chi connectivity index (χ2n) is 9.18. The van der Waals surface area contributed by atoms with Gasteiger partial charge in [0.1, 0.15) is 5.82 Å². The molecule has 2 saturated heterocycles. The van der Waals surface area contributed by atoms with Crippen LogP contribution < -0.4 is 10.2 Å². The Bertz CT molecular complexity index is 1040. The summed E-state index contributed by atoms with van der Waals surface area (Å²) in [6.45, 7) is 4.23. The first-order valence-corrected chi connectivity index (χ1v) is 11.7. The van der Waals surface area contributed by atoms with Crippen molar-refractivity contribution in [3.05, 3.63) is 71.8 Å². The number of benzene rings is 2. The summed E-state index contributed by atoms with van der Waals surface area (Å²) in [7, 11) is 0. The fourth-order valence-corrected chi connectivity index (χ4v) is 5.34. The first-order valence-electron chi connectivity index (χ1n) is 11.7. The van der Waals surface area contributed by atoms with Gasteiger partial charge in [0.05, 0.1) is 17.1 Å². The molecule has 0 unspecified atom stereocenters. The Kier molecular flexibility index (Phi) is 5.63. The van der Waals surface area contributed by atoms with Crippen molar-refractivity contribution < 1.29 is 4.79 Å². The van der Waals surface area contributed by atoms with Gasteiger partial charge in [0.25, 0.3) is 5.91 Å². The highest BCUT2D eigenvalue weighted by atomic mass is 16.1. The number of para-hydroxylation sites is 1. The normalized spacial score (nSPS) is 21.6. The number of hydrogen-bond acceptors (Lipinski definition) is 3. The average molecular weight is 414 g/mol. The SMILES string of the molecule is CC[C@H](NC(=O)c1cc(N2CC3CCC(CC3)C2)nc2ccccc12)c1ccccc1. The first kappa shape index (κ1) is 20.0. The van der Waals surface area contributed by atoms with Crippen molar-refractivity contribution >= 4 is 22.6 Å². The molecule has 1 aromatic heterocycles. The van der Waals surface area contributed by atoms with Gasteiger partial charge in [0.15, 0.2) is 0 Å². The van der Waals surface area contributed by atoms with Crippen LogP contribution in [0.1, 0.15) is 61.0 Å². The zero-order chi connectivity index (χ0) is 21.2. The average Bonchev–Trinajstić information content (AvgIpc) is 3.16. The number of aromatic nitrogens is 1. The van der Waals surface area contributed by atoms with E-state index >= 15 is 0 Å². The van der Waals surface area contributed by atoms with E-state index in [2.05, 4.69) is 29.3 Å². The molecule has 0 spiro atoms. The molecular weight excluding hydrogens is 382 g/mol. The van der Waals surface area contributed by atoms with Gasteiger partial charge in [-0.25, -0.2) is 4.98 Å². The van der Waals surface area contributed by atoms with Crippen molar-refractivity contribution in [1.29, 1.82) is 0 Å². The van der Waals surface area contributed by atoms with Crippen LogP contribution in [-0.2, 0) is 0 Å². The smallest absolute Gasteiger partial charge is 0.252 e. The largest absolute Gasteiger partial charge is 0.356 e. The summed E-state index contributed by atoms with van der Waals surface area (Å²) in [6, 6.07) is 20.3. The van der Waals surface area contributed by atoms with E-state index < -0.39 is 0 Å². The molecule has 1 amide bonds. The minimum Gasteiger partial charge on any atom is -0.356 e. The Balaban J connectivity index is 1.49. The van der Waals surface area contributed by atoms with Crippen LogP contribution >= 0.6 is 0 Å². The molecular formula is C27H31N3O. The minimum absolute atomic E-state index is 0.00175. The lowest BCUT2D eigenvalue weighted by atomic mass is 9.84. The van der Waals surface area contributed by atoms with E-state index in [9.17, 15) is 4.79 Å². The molecule has 3 aromatic rings. The van der Waals surface area contributed by atoms with Gasteiger partial charge in [-0.2, -0.15) is 0 Å². The van der Waals surface area contributed by atoms with Crippen LogP contribution in [0.4, 0.5) is 5.82 Å².